The largest absolute Gasteiger partial charge is 0.349 e. The van der Waals surface area contributed by atoms with Crippen LogP contribution in [0.3, 0.4) is 0 Å². The molecule has 16 nitrogen and oxygen atoms in total. The van der Waals surface area contributed by atoms with Crippen molar-refractivity contribution in [2.75, 3.05) is 39.3 Å². The Balaban J connectivity index is 1.94. The zero-order valence-corrected chi connectivity index (χ0v) is 36.7. The Labute approximate surface area is 349 Å². The van der Waals surface area contributed by atoms with Crippen molar-refractivity contribution >= 4 is 58.5 Å². The highest BCUT2D eigenvalue weighted by atomic mass is 16.2. The molecule has 2 rings (SSSR count). The molecule has 0 aromatic carbocycles. The monoisotopic (exact) mass is 831 g/mol. The van der Waals surface area contributed by atoms with Crippen LogP contribution in [-0.4, -0.2) is 120 Å². The number of nitrogens with one attached hydrogen (secondary N) is 3. The average molecular weight is 831 g/mol. The van der Waals surface area contributed by atoms with Gasteiger partial charge in [-0.3, -0.25) is 47.9 Å². The lowest BCUT2D eigenvalue weighted by atomic mass is 9.87. The standard InChI is InChI=1S/C43H70N6O10/c1-24(2)33(28(9)50)17-30(52)22-46-40(56)38-13-11-15-49(38)43(59)36(27(7)8)19-32(54)21-45-39(55)34(25(3)4)18-31(53)23-47-41(57)37-12-10-14-48(37)42(58)35(26(5)6)16-29(51)20-44/h24-27,33-38H,10-23,44H2,1-9H3,(H,45,55)(H,46,56)(H,47,57). The minimum Gasteiger partial charge on any atom is -0.349 e. The van der Waals surface area contributed by atoms with Crippen LogP contribution < -0.4 is 21.7 Å². The molecule has 0 spiro atoms. The summed E-state index contributed by atoms with van der Waals surface area (Å²) < 4.78 is 0. The number of likely N-dealkylation sites (tertiary alicyclic amines) is 2. The zero-order chi connectivity index (χ0) is 44.7. The van der Waals surface area contributed by atoms with Gasteiger partial charge in [0.2, 0.25) is 29.5 Å². The Bertz CT molecular complexity index is 1560. The molecular formula is C43H70N6O10. The molecule has 0 aliphatic carbocycles. The molecule has 0 radical (unpaired) electrons. The summed E-state index contributed by atoms with van der Waals surface area (Å²) in [4.78, 5) is 133. The number of nitrogens with two attached hydrogens (primary N) is 1. The predicted octanol–water partition coefficient (Wildman–Crippen LogP) is 1.79. The van der Waals surface area contributed by atoms with Crippen LogP contribution in [-0.2, 0) is 47.9 Å². The zero-order valence-electron chi connectivity index (χ0n) is 36.7. The van der Waals surface area contributed by atoms with Crippen molar-refractivity contribution < 1.29 is 47.9 Å². The molecule has 6 atom stereocenters. The van der Waals surface area contributed by atoms with E-state index in [0.717, 1.165) is 0 Å². The molecule has 59 heavy (non-hydrogen) atoms. The van der Waals surface area contributed by atoms with Gasteiger partial charge in [-0.15, -0.1) is 0 Å². The molecule has 2 heterocycles. The number of amides is 5. The Hall–Kier alpha value is -4.34. The number of carbonyl (C=O) groups excluding carboxylic acids is 10. The van der Waals surface area contributed by atoms with E-state index in [1.54, 1.807) is 27.7 Å². The van der Waals surface area contributed by atoms with Gasteiger partial charge in [0.05, 0.1) is 26.2 Å². The first-order valence-electron chi connectivity index (χ1n) is 21.3. The van der Waals surface area contributed by atoms with Gasteiger partial charge in [-0.1, -0.05) is 55.4 Å². The van der Waals surface area contributed by atoms with Crippen molar-refractivity contribution in [2.24, 2.45) is 53.1 Å². The third kappa shape index (κ3) is 15.3. The third-order valence-corrected chi connectivity index (χ3v) is 11.8. The lowest BCUT2D eigenvalue weighted by molar-refractivity contribution is -0.144. The number of hydrogen-bond acceptors (Lipinski definition) is 11. The van der Waals surface area contributed by atoms with Crippen molar-refractivity contribution in [2.45, 2.75) is 126 Å². The SMILES string of the molecule is CC(=O)C(CC(=O)CNC(=O)C1CCCN1C(=O)C(CC(=O)CNC(=O)C(CC(=O)CNC(=O)C1CCCN1C(=O)C(CC(=O)CN)C(C)C)C(C)C)C(C)C)C(C)C. The fourth-order valence-corrected chi connectivity index (χ4v) is 7.93. The number of carbonyl (C=O) groups is 10. The molecule has 2 fully saturated rings. The van der Waals surface area contributed by atoms with E-state index in [-0.39, 0.29) is 105 Å². The second-order valence-electron chi connectivity index (χ2n) is 17.7. The van der Waals surface area contributed by atoms with Crippen LogP contribution in [0.4, 0.5) is 0 Å². The lowest BCUT2D eigenvalue weighted by Crippen LogP contribution is -2.50. The fourth-order valence-electron chi connectivity index (χ4n) is 7.93. The van der Waals surface area contributed by atoms with Crippen LogP contribution >= 0.6 is 0 Å². The van der Waals surface area contributed by atoms with Gasteiger partial charge in [0.15, 0.2) is 17.3 Å². The average Bonchev–Trinajstić information content (AvgIpc) is 3.87. The van der Waals surface area contributed by atoms with Crippen LogP contribution in [0.5, 0.6) is 0 Å². The van der Waals surface area contributed by atoms with E-state index in [1.165, 1.54) is 16.7 Å². The first kappa shape index (κ1) is 50.8. The molecule has 2 aliphatic heterocycles. The van der Waals surface area contributed by atoms with Gasteiger partial charge in [-0.05, 0) is 56.3 Å². The second-order valence-corrected chi connectivity index (χ2v) is 17.7. The maximum atomic E-state index is 13.8. The van der Waals surface area contributed by atoms with Gasteiger partial charge in [0.1, 0.15) is 23.7 Å². The number of Topliss-reactive ketones (excluding diaryl/α,β-unsaturated/α-hetero) is 5. The summed E-state index contributed by atoms with van der Waals surface area (Å²) in [6.45, 7) is 15.5. The van der Waals surface area contributed by atoms with Gasteiger partial charge < -0.3 is 31.5 Å². The van der Waals surface area contributed by atoms with E-state index in [9.17, 15) is 47.9 Å². The number of hydrogen-bond donors (Lipinski definition) is 4. The van der Waals surface area contributed by atoms with Gasteiger partial charge in [-0.25, -0.2) is 0 Å². The summed E-state index contributed by atoms with van der Waals surface area (Å²) in [7, 11) is 0. The van der Waals surface area contributed by atoms with Gasteiger partial charge >= 0.3 is 0 Å². The van der Waals surface area contributed by atoms with E-state index in [1.807, 2.05) is 27.7 Å². The van der Waals surface area contributed by atoms with Crippen molar-refractivity contribution in [3.63, 3.8) is 0 Å². The van der Waals surface area contributed by atoms with Crippen LogP contribution in [0, 0.1) is 47.3 Å². The van der Waals surface area contributed by atoms with E-state index < -0.39 is 65.0 Å². The summed E-state index contributed by atoms with van der Waals surface area (Å²) in [5.74, 6) is -6.88. The summed E-state index contributed by atoms with van der Waals surface area (Å²) in [5, 5.41) is 7.88. The molecule has 2 aliphatic rings. The van der Waals surface area contributed by atoms with Gasteiger partial charge in [0, 0.05) is 62.4 Å². The summed E-state index contributed by atoms with van der Waals surface area (Å²) in [6, 6.07) is -1.59. The van der Waals surface area contributed by atoms with E-state index in [0.29, 0.717) is 38.8 Å². The Kier molecular flexibility index (Phi) is 20.7. The minimum absolute atomic E-state index is 0.00774. The van der Waals surface area contributed by atoms with Gasteiger partial charge in [0.25, 0.3) is 0 Å². The third-order valence-electron chi connectivity index (χ3n) is 11.8. The molecule has 2 saturated heterocycles. The fraction of sp³-hybridized carbons (Fsp3) is 0.767. The summed E-state index contributed by atoms with van der Waals surface area (Å²) in [5.41, 5.74) is 5.47. The molecule has 0 saturated carbocycles. The van der Waals surface area contributed by atoms with E-state index >= 15 is 0 Å². The smallest absolute Gasteiger partial charge is 0.243 e. The van der Waals surface area contributed by atoms with E-state index in [4.69, 9.17) is 5.73 Å². The summed E-state index contributed by atoms with van der Waals surface area (Å²) >= 11 is 0. The van der Waals surface area contributed by atoms with Gasteiger partial charge in [-0.2, -0.15) is 0 Å². The van der Waals surface area contributed by atoms with Crippen LogP contribution in [0.1, 0.15) is 114 Å². The Morgan fingerprint density at radius 2 is 0.847 bits per heavy atom. The van der Waals surface area contributed by atoms with Crippen molar-refractivity contribution in [3.05, 3.63) is 0 Å². The molecule has 332 valence electrons. The highest BCUT2D eigenvalue weighted by molar-refractivity contribution is 5.97. The second kappa shape index (κ2) is 24.0. The minimum atomic E-state index is -0.805. The molecule has 5 N–H and O–H groups in total. The molecule has 5 amide bonds. The first-order valence-corrected chi connectivity index (χ1v) is 21.3. The Morgan fingerprint density at radius 1 is 0.508 bits per heavy atom. The van der Waals surface area contributed by atoms with E-state index in [2.05, 4.69) is 16.0 Å². The quantitative estimate of drug-likeness (QED) is 0.103. The highest BCUT2D eigenvalue weighted by Crippen LogP contribution is 2.27. The van der Waals surface area contributed by atoms with Crippen molar-refractivity contribution in [3.8, 4) is 0 Å². The molecule has 6 unspecified atom stereocenters. The lowest BCUT2D eigenvalue weighted by Gasteiger charge is -2.30. The molecule has 16 heteroatoms. The van der Waals surface area contributed by atoms with Crippen LogP contribution in [0.15, 0.2) is 0 Å². The maximum Gasteiger partial charge on any atom is 0.243 e. The molecular weight excluding hydrogens is 761 g/mol. The first-order chi connectivity index (χ1) is 27.6. The van der Waals surface area contributed by atoms with Crippen molar-refractivity contribution in [1.29, 1.82) is 0 Å². The maximum absolute atomic E-state index is 13.8. The Morgan fingerprint density at radius 3 is 1.20 bits per heavy atom. The topological polar surface area (TPSA) is 239 Å². The molecule has 0 aromatic heterocycles. The molecule has 0 aromatic rings. The highest BCUT2D eigenvalue weighted by Gasteiger charge is 2.40. The number of nitrogens with zero attached hydrogens (tertiary/aromatic N) is 2. The predicted molar refractivity (Wildman–Crippen MR) is 220 cm³/mol. The normalized spacial score (nSPS) is 18.7. The number of ketones is 5. The van der Waals surface area contributed by atoms with Crippen molar-refractivity contribution in [1.82, 2.24) is 25.8 Å². The van der Waals surface area contributed by atoms with Crippen LogP contribution in [0.25, 0.3) is 0 Å². The molecule has 0 bridgehead atoms. The number of rotatable bonds is 25. The van der Waals surface area contributed by atoms with Crippen LogP contribution in [0.2, 0.25) is 0 Å². The summed E-state index contributed by atoms with van der Waals surface area (Å²) in [6.07, 6.45) is 1.61.